The van der Waals surface area contributed by atoms with Crippen LogP contribution in [0.15, 0.2) is 84.9 Å². The first-order valence-electron chi connectivity index (χ1n) is 10.8. The largest absolute Gasteiger partial charge is 0.480 e. The lowest BCUT2D eigenvalue weighted by molar-refractivity contribution is -0.144. The standard InChI is InChI=1S/C26H24N2O6/c29-24(27-20-14-8-7-13-19(20)18-11-5-2-6-12-18)22-23(34-16-33-22)25(30)28-21(26(31)32)15-17-9-3-1-4-10-17/h1-14,21-23H,15-16H2,(H,27,29)(H,28,30)(H,31,32)/t21?,22-,23-/m1/s1. The number of nitrogens with one attached hydrogen (secondary N) is 2. The predicted octanol–water partition coefficient (Wildman–Crippen LogP) is 2.85. The van der Waals surface area contributed by atoms with E-state index in [9.17, 15) is 19.5 Å². The summed E-state index contributed by atoms with van der Waals surface area (Å²) in [5.74, 6) is -2.47. The van der Waals surface area contributed by atoms with Gasteiger partial charge in [-0.15, -0.1) is 0 Å². The number of hydrogen-bond acceptors (Lipinski definition) is 5. The molecule has 3 aromatic rings. The zero-order valence-corrected chi connectivity index (χ0v) is 18.2. The Morgan fingerprint density at radius 2 is 1.41 bits per heavy atom. The van der Waals surface area contributed by atoms with Crippen LogP contribution in [0.4, 0.5) is 5.69 Å². The molecule has 0 saturated carbocycles. The number of hydrogen-bond donors (Lipinski definition) is 3. The topological polar surface area (TPSA) is 114 Å². The van der Waals surface area contributed by atoms with Crippen molar-refractivity contribution in [2.45, 2.75) is 24.7 Å². The highest BCUT2D eigenvalue weighted by Crippen LogP contribution is 2.28. The van der Waals surface area contributed by atoms with Gasteiger partial charge < -0.3 is 25.2 Å². The Balaban J connectivity index is 1.45. The number of carboxylic acids is 1. The Labute approximate surface area is 196 Å². The lowest BCUT2D eigenvalue weighted by atomic mass is 10.0. The molecule has 3 N–H and O–H groups in total. The maximum absolute atomic E-state index is 13.0. The summed E-state index contributed by atoms with van der Waals surface area (Å²) in [4.78, 5) is 37.6. The molecule has 0 radical (unpaired) electrons. The molecular weight excluding hydrogens is 436 g/mol. The van der Waals surface area contributed by atoms with Gasteiger partial charge in [0.15, 0.2) is 12.2 Å². The zero-order chi connectivity index (χ0) is 23.9. The summed E-state index contributed by atoms with van der Waals surface area (Å²) in [7, 11) is 0. The average Bonchev–Trinajstić information content (AvgIpc) is 3.35. The molecule has 1 aliphatic heterocycles. The van der Waals surface area contributed by atoms with Crippen LogP contribution in [0.3, 0.4) is 0 Å². The minimum atomic E-state index is -1.28. The highest BCUT2D eigenvalue weighted by atomic mass is 16.7. The van der Waals surface area contributed by atoms with Crippen molar-refractivity contribution in [2.24, 2.45) is 0 Å². The second-order valence-electron chi connectivity index (χ2n) is 7.78. The maximum Gasteiger partial charge on any atom is 0.326 e. The summed E-state index contributed by atoms with van der Waals surface area (Å²) in [6, 6.07) is 24.6. The number of carbonyl (C=O) groups is 3. The van der Waals surface area contributed by atoms with Crippen molar-refractivity contribution in [1.29, 1.82) is 0 Å². The molecule has 1 fully saturated rings. The second-order valence-corrected chi connectivity index (χ2v) is 7.78. The summed E-state index contributed by atoms with van der Waals surface area (Å²) in [5.41, 5.74) is 3.04. The van der Waals surface area contributed by atoms with E-state index in [1.807, 2.05) is 48.5 Å². The van der Waals surface area contributed by atoms with Crippen molar-refractivity contribution >= 4 is 23.5 Å². The Morgan fingerprint density at radius 1 is 0.824 bits per heavy atom. The van der Waals surface area contributed by atoms with Gasteiger partial charge in [0.2, 0.25) is 0 Å². The highest BCUT2D eigenvalue weighted by molar-refractivity contribution is 6.01. The van der Waals surface area contributed by atoms with Gasteiger partial charge in [-0.1, -0.05) is 78.9 Å². The molecule has 1 saturated heterocycles. The summed E-state index contributed by atoms with van der Waals surface area (Å²) in [6.45, 7) is -0.257. The van der Waals surface area contributed by atoms with Gasteiger partial charge in [0.1, 0.15) is 12.8 Å². The fourth-order valence-electron chi connectivity index (χ4n) is 3.76. The van der Waals surface area contributed by atoms with Crippen LogP contribution in [0.1, 0.15) is 5.56 Å². The second kappa shape index (κ2) is 10.7. The van der Waals surface area contributed by atoms with Gasteiger partial charge in [0.25, 0.3) is 11.8 Å². The molecule has 1 unspecified atom stereocenters. The van der Waals surface area contributed by atoms with Gasteiger partial charge in [0.05, 0.1) is 0 Å². The Hall–Kier alpha value is -4.01. The minimum absolute atomic E-state index is 0.0941. The SMILES string of the molecule is O=C(O)C(Cc1ccccc1)NC(=O)[C@@H]1OCO[C@H]1C(=O)Nc1ccccc1-c1ccccc1. The molecule has 174 valence electrons. The van der Waals surface area contributed by atoms with Crippen molar-refractivity contribution in [3.05, 3.63) is 90.5 Å². The molecule has 1 aliphatic rings. The van der Waals surface area contributed by atoms with Crippen LogP contribution in [-0.2, 0) is 30.3 Å². The van der Waals surface area contributed by atoms with Crippen LogP contribution in [0.2, 0.25) is 0 Å². The van der Waals surface area contributed by atoms with E-state index in [0.29, 0.717) is 5.69 Å². The van der Waals surface area contributed by atoms with Gasteiger partial charge in [-0.2, -0.15) is 0 Å². The van der Waals surface area contributed by atoms with Crippen LogP contribution >= 0.6 is 0 Å². The average molecular weight is 460 g/mol. The van der Waals surface area contributed by atoms with Gasteiger partial charge in [-0.05, 0) is 17.2 Å². The van der Waals surface area contributed by atoms with Crippen molar-refractivity contribution in [3.63, 3.8) is 0 Å². The van der Waals surface area contributed by atoms with Crippen molar-refractivity contribution in [1.82, 2.24) is 5.32 Å². The molecule has 8 heteroatoms. The fraction of sp³-hybridized carbons (Fsp3) is 0.192. The van der Waals surface area contributed by atoms with Crippen LogP contribution in [-0.4, -0.2) is 47.9 Å². The van der Waals surface area contributed by atoms with E-state index < -0.39 is 36.0 Å². The van der Waals surface area contributed by atoms with E-state index in [1.165, 1.54) is 0 Å². The van der Waals surface area contributed by atoms with Crippen molar-refractivity contribution in [2.75, 3.05) is 12.1 Å². The third kappa shape index (κ3) is 5.48. The summed E-state index contributed by atoms with van der Waals surface area (Å²) < 4.78 is 10.7. The number of ether oxygens (including phenoxy) is 2. The number of rotatable bonds is 8. The van der Waals surface area contributed by atoms with E-state index in [2.05, 4.69) is 10.6 Å². The summed E-state index contributed by atoms with van der Waals surface area (Å²) in [6.07, 6.45) is -2.41. The van der Waals surface area contributed by atoms with Gasteiger partial charge in [0, 0.05) is 17.7 Å². The lowest BCUT2D eigenvalue weighted by Crippen LogP contribution is -2.51. The lowest BCUT2D eigenvalue weighted by Gasteiger charge is -2.20. The Kier molecular flexibility index (Phi) is 7.31. The normalized spacial score (nSPS) is 18.1. The van der Waals surface area contributed by atoms with Crippen LogP contribution in [0.5, 0.6) is 0 Å². The molecule has 0 spiro atoms. The van der Waals surface area contributed by atoms with E-state index in [0.717, 1.165) is 16.7 Å². The first-order valence-corrected chi connectivity index (χ1v) is 10.8. The Morgan fingerprint density at radius 3 is 2.09 bits per heavy atom. The van der Waals surface area contributed by atoms with Crippen molar-refractivity contribution in [3.8, 4) is 11.1 Å². The summed E-state index contributed by atoms with van der Waals surface area (Å²) >= 11 is 0. The van der Waals surface area contributed by atoms with Gasteiger partial charge in [-0.25, -0.2) is 4.79 Å². The van der Waals surface area contributed by atoms with E-state index >= 15 is 0 Å². The molecule has 34 heavy (non-hydrogen) atoms. The molecule has 8 nitrogen and oxygen atoms in total. The molecular formula is C26H24N2O6. The quantitative estimate of drug-likeness (QED) is 0.476. The minimum Gasteiger partial charge on any atom is -0.480 e. The van der Waals surface area contributed by atoms with Gasteiger partial charge in [-0.3, -0.25) is 9.59 Å². The first-order chi connectivity index (χ1) is 16.5. The molecule has 4 rings (SSSR count). The monoisotopic (exact) mass is 460 g/mol. The highest BCUT2D eigenvalue weighted by Gasteiger charge is 2.41. The molecule has 2 amide bonds. The maximum atomic E-state index is 13.0. The van der Waals surface area contributed by atoms with E-state index in [1.54, 1.807) is 36.4 Å². The molecule has 0 bridgehead atoms. The Bertz CT molecular complexity index is 1150. The summed E-state index contributed by atoms with van der Waals surface area (Å²) in [5, 5.41) is 14.8. The van der Waals surface area contributed by atoms with Crippen LogP contribution in [0.25, 0.3) is 11.1 Å². The number of carboxylic acid groups (broad SMARTS) is 1. The molecule has 0 aliphatic carbocycles. The number of aliphatic carboxylic acids is 1. The first kappa shape index (κ1) is 23.2. The molecule has 3 aromatic carbocycles. The number of benzene rings is 3. The third-order valence-electron chi connectivity index (χ3n) is 5.45. The van der Waals surface area contributed by atoms with E-state index in [4.69, 9.17) is 9.47 Å². The zero-order valence-electron chi connectivity index (χ0n) is 18.2. The molecule has 3 atom stereocenters. The molecule has 1 heterocycles. The number of carbonyl (C=O) groups excluding carboxylic acids is 2. The smallest absolute Gasteiger partial charge is 0.326 e. The molecule has 0 aromatic heterocycles. The van der Waals surface area contributed by atoms with Gasteiger partial charge >= 0.3 is 5.97 Å². The number of anilines is 1. The predicted molar refractivity (Wildman–Crippen MR) is 125 cm³/mol. The van der Waals surface area contributed by atoms with Crippen LogP contribution < -0.4 is 10.6 Å². The van der Waals surface area contributed by atoms with Crippen LogP contribution in [0, 0.1) is 0 Å². The third-order valence-corrected chi connectivity index (χ3v) is 5.45. The van der Waals surface area contributed by atoms with E-state index in [-0.39, 0.29) is 13.2 Å². The number of amides is 2. The van der Waals surface area contributed by atoms with Crippen molar-refractivity contribution < 1.29 is 29.0 Å². The number of para-hydroxylation sites is 1. The fourth-order valence-corrected chi connectivity index (χ4v) is 3.76.